The summed E-state index contributed by atoms with van der Waals surface area (Å²) in [5.74, 6) is 0. The summed E-state index contributed by atoms with van der Waals surface area (Å²) >= 11 is -3.36. The van der Waals surface area contributed by atoms with Crippen LogP contribution >= 0.6 is 17.0 Å². The van der Waals surface area contributed by atoms with Crippen LogP contribution in [0.25, 0.3) is 0 Å². The molecule has 0 bridgehead atoms. The second-order valence-corrected chi connectivity index (χ2v) is 21.6. The Morgan fingerprint density at radius 1 is 0.600 bits per heavy atom. The number of rotatable bonds is 2. The molecule has 0 aliphatic heterocycles. The maximum atomic E-state index is 6.57. The maximum absolute atomic E-state index is 6.57. The topological polar surface area (TPSA) is 0 Å². The van der Waals surface area contributed by atoms with Crippen molar-refractivity contribution in [1.82, 2.24) is 0 Å². The summed E-state index contributed by atoms with van der Waals surface area (Å²) < 4.78 is 2.21. The molecule has 77 valence electrons. The van der Waals surface area contributed by atoms with E-state index in [9.17, 15) is 0 Å². The van der Waals surface area contributed by atoms with E-state index in [1.54, 1.807) is 0 Å². The Morgan fingerprint density at radius 3 is 1.27 bits per heavy atom. The average molecular weight is 434 g/mol. The minimum absolute atomic E-state index is 1.10. The molecule has 0 N–H and O–H groups in total. The van der Waals surface area contributed by atoms with Crippen LogP contribution in [0.2, 0.25) is 0 Å². The number of benzene rings is 2. The minimum atomic E-state index is -3.36. The molecule has 0 unspecified atom stereocenters. The first-order valence-corrected chi connectivity index (χ1v) is 16.6. The molecule has 2 aromatic carbocycles. The first-order valence-electron chi connectivity index (χ1n) is 4.61. The van der Waals surface area contributed by atoms with Gasteiger partial charge in [0.2, 0.25) is 0 Å². The van der Waals surface area contributed by atoms with Gasteiger partial charge in [-0.1, -0.05) is 0 Å². The van der Waals surface area contributed by atoms with Gasteiger partial charge < -0.3 is 0 Å². The van der Waals surface area contributed by atoms with Crippen LogP contribution in [-0.2, 0) is 0 Å². The van der Waals surface area contributed by atoms with Gasteiger partial charge in [-0.2, -0.15) is 0 Å². The molecule has 0 saturated heterocycles. The van der Waals surface area contributed by atoms with Crippen molar-refractivity contribution >= 4 is 41.4 Å². The second-order valence-electron chi connectivity index (χ2n) is 3.18. The van der Waals surface area contributed by atoms with Gasteiger partial charge in [-0.05, 0) is 0 Å². The Labute approximate surface area is 101 Å². The Morgan fingerprint density at radius 2 is 0.933 bits per heavy atom. The van der Waals surface area contributed by atoms with Crippen molar-refractivity contribution in [3.63, 3.8) is 0 Å². The van der Waals surface area contributed by atoms with Gasteiger partial charge in [0.25, 0.3) is 0 Å². The van der Waals surface area contributed by atoms with Gasteiger partial charge in [-0.3, -0.25) is 0 Å². The van der Waals surface area contributed by atoms with Crippen LogP contribution in [-0.4, -0.2) is 17.9 Å². The van der Waals surface area contributed by atoms with Crippen molar-refractivity contribution in [3.8, 4) is 0 Å². The molecule has 0 amide bonds. The zero-order valence-corrected chi connectivity index (χ0v) is 13.0. The number of halogens is 2. The van der Waals surface area contributed by atoms with Crippen molar-refractivity contribution < 1.29 is 0 Å². The Balaban J connectivity index is 2.44. The molecule has 3 heteroatoms. The van der Waals surface area contributed by atoms with E-state index in [-0.39, 0.29) is 0 Å². The molecule has 2 aromatic rings. The van der Waals surface area contributed by atoms with E-state index < -0.39 is 17.9 Å². The molecule has 15 heavy (non-hydrogen) atoms. The van der Waals surface area contributed by atoms with Gasteiger partial charge in [0, 0.05) is 0 Å². The van der Waals surface area contributed by atoms with E-state index >= 15 is 0 Å². The third-order valence-corrected chi connectivity index (χ3v) is 16.4. The second kappa shape index (κ2) is 4.82. The Bertz CT molecular complexity index is 384. The molecular formula is C12H10BiCl2. The predicted molar refractivity (Wildman–Crippen MR) is 69.6 cm³/mol. The first-order chi connectivity index (χ1) is 7.21. The molecule has 0 saturated carbocycles. The molecule has 2 rings (SSSR count). The molecule has 0 heterocycles. The van der Waals surface area contributed by atoms with Crippen LogP contribution in [0.1, 0.15) is 0 Å². The third-order valence-electron chi connectivity index (χ3n) is 2.16. The quantitative estimate of drug-likeness (QED) is 0.639. The molecule has 0 fully saturated rings. The van der Waals surface area contributed by atoms with Gasteiger partial charge in [-0.25, -0.2) is 0 Å². The van der Waals surface area contributed by atoms with E-state index in [0.717, 1.165) is 6.54 Å². The summed E-state index contributed by atoms with van der Waals surface area (Å²) in [6.07, 6.45) is 0. The van der Waals surface area contributed by atoms with Gasteiger partial charge in [0.1, 0.15) is 0 Å². The van der Waals surface area contributed by atoms with Crippen molar-refractivity contribution in [2.45, 2.75) is 0 Å². The summed E-state index contributed by atoms with van der Waals surface area (Å²) in [5, 5.41) is 0. The monoisotopic (exact) mass is 433 g/mol. The normalized spacial score (nSPS) is 11.3. The molecular weight excluding hydrogens is 424 g/mol. The van der Waals surface area contributed by atoms with E-state index in [1.165, 1.54) is 0 Å². The van der Waals surface area contributed by atoms with E-state index in [0.29, 0.717) is 0 Å². The predicted octanol–water partition coefficient (Wildman–Crippen LogP) is 2.72. The van der Waals surface area contributed by atoms with Crippen LogP contribution in [0.15, 0.2) is 60.7 Å². The van der Waals surface area contributed by atoms with E-state index in [2.05, 4.69) is 0 Å². The van der Waals surface area contributed by atoms with Crippen LogP contribution in [0.4, 0.5) is 0 Å². The van der Waals surface area contributed by atoms with Gasteiger partial charge >= 0.3 is 102 Å². The van der Waals surface area contributed by atoms with E-state index in [4.69, 9.17) is 17.0 Å². The summed E-state index contributed by atoms with van der Waals surface area (Å²) in [6, 6.07) is 20.0. The Kier molecular flexibility index (Phi) is 3.66. The molecule has 0 aliphatic rings. The average Bonchev–Trinajstić information content (AvgIpc) is 2.31. The van der Waals surface area contributed by atoms with Gasteiger partial charge in [0.05, 0.1) is 0 Å². The van der Waals surface area contributed by atoms with Crippen molar-refractivity contribution in [2.24, 2.45) is 0 Å². The fourth-order valence-corrected chi connectivity index (χ4v) is 10.7. The standard InChI is InChI=1S/2C6H5.Bi.2ClH/c2*1-2-4-6-5-3-1;;;/h2*1-5H;;2*1H/q;;+2;;/p-2. The zero-order valence-electron chi connectivity index (χ0n) is 7.98. The number of hydrogen-bond acceptors (Lipinski definition) is 0. The SMILES string of the molecule is [Cl][Bi]([Cl])([c]1ccccc1)[c]1ccccc1. The summed E-state index contributed by atoms with van der Waals surface area (Å²) in [7, 11) is 13.1. The summed E-state index contributed by atoms with van der Waals surface area (Å²) in [5.41, 5.74) is 0. The van der Waals surface area contributed by atoms with Crippen LogP contribution in [0.5, 0.6) is 0 Å². The van der Waals surface area contributed by atoms with Crippen LogP contribution in [0, 0.1) is 0 Å². The molecule has 0 aliphatic carbocycles. The number of hydrogen-bond donors (Lipinski definition) is 0. The van der Waals surface area contributed by atoms with Crippen molar-refractivity contribution in [1.29, 1.82) is 0 Å². The molecule has 1 radical (unpaired) electrons. The fourth-order valence-electron chi connectivity index (χ4n) is 1.38. The van der Waals surface area contributed by atoms with Crippen LogP contribution < -0.4 is 6.54 Å². The van der Waals surface area contributed by atoms with E-state index in [1.807, 2.05) is 60.7 Å². The molecule has 0 atom stereocenters. The first kappa shape index (κ1) is 11.4. The molecule has 0 nitrogen and oxygen atoms in total. The molecule has 0 aromatic heterocycles. The van der Waals surface area contributed by atoms with Crippen LogP contribution in [0.3, 0.4) is 0 Å². The molecule has 0 spiro atoms. The zero-order chi connectivity index (χ0) is 10.7. The van der Waals surface area contributed by atoms with Crippen molar-refractivity contribution in [2.75, 3.05) is 0 Å². The van der Waals surface area contributed by atoms with Gasteiger partial charge in [0.15, 0.2) is 0 Å². The fraction of sp³-hybridized carbons (Fsp3) is 0. The van der Waals surface area contributed by atoms with Crippen molar-refractivity contribution in [3.05, 3.63) is 60.7 Å². The summed E-state index contributed by atoms with van der Waals surface area (Å²) in [6.45, 7) is 0. The summed E-state index contributed by atoms with van der Waals surface area (Å²) in [4.78, 5) is 0. The Hall–Kier alpha value is -0.0969. The third kappa shape index (κ3) is 2.53. The van der Waals surface area contributed by atoms with Gasteiger partial charge in [-0.15, -0.1) is 0 Å².